The van der Waals surface area contributed by atoms with Crippen molar-refractivity contribution in [3.63, 3.8) is 0 Å². The highest BCUT2D eigenvalue weighted by atomic mass is 16.5. The Morgan fingerprint density at radius 3 is 2.42 bits per heavy atom. The lowest BCUT2D eigenvalue weighted by atomic mass is 9.83. The first kappa shape index (κ1) is 21.2. The molecule has 5 heteroatoms. The van der Waals surface area contributed by atoms with E-state index in [1.54, 1.807) is 0 Å². The lowest BCUT2D eigenvalue weighted by Gasteiger charge is -2.30. The van der Waals surface area contributed by atoms with E-state index in [1.807, 2.05) is 7.05 Å². The zero-order chi connectivity index (χ0) is 17.7. The van der Waals surface area contributed by atoms with Crippen LogP contribution in [0.2, 0.25) is 0 Å². The summed E-state index contributed by atoms with van der Waals surface area (Å²) in [6.45, 7) is 13.6. The second kappa shape index (κ2) is 12.5. The molecule has 1 fully saturated rings. The van der Waals surface area contributed by atoms with E-state index in [2.05, 4.69) is 41.3 Å². The van der Waals surface area contributed by atoms with Crippen molar-refractivity contribution < 1.29 is 4.74 Å². The second-order valence-electron chi connectivity index (χ2n) is 6.89. The number of nitrogens with one attached hydrogen (secondary N) is 2. The Balaban J connectivity index is 2.30. The first-order chi connectivity index (χ1) is 11.7. The molecule has 0 heterocycles. The van der Waals surface area contributed by atoms with Crippen molar-refractivity contribution in [2.75, 3.05) is 53.0 Å². The highest BCUT2D eigenvalue weighted by Gasteiger charge is 2.33. The number of hydrogen-bond acceptors (Lipinski definition) is 3. The van der Waals surface area contributed by atoms with Crippen LogP contribution in [0, 0.1) is 5.41 Å². The predicted octanol–water partition coefficient (Wildman–Crippen LogP) is 2.87. The van der Waals surface area contributed by atoms with E-state index >= 15 is 0 Å². The number of ether oxygens (including phenoxy) is 1. The summed E-state index contributed by atoms with van der Waals surface area (Å²) in [5.74, 6) is 0.942. The zero-order valence-electron chi connectivity index (χ0n) is 16.5. The summed E-state index contributed by atoms with van der Waals surface area (Å²) < 4.78 is 5.60. The average Bonchev–Trinajstić information content (AvgIpc) is 3.07. The smallest absolute Gasteiger partial charge is 0.190 e. The van der Waals surface area contributed by atoms with Gasteiger partial charge in [-0.25, -0.2) is 0 Å². The molecule has 0 aromatic carbocycles. The molecule has 5 nitrogen and oxygen atoms in total. The Hall–Kier alpha value is -0.810. The van der Waals surface area contributed by atoms with Crippen LogP contribution >= 0.6 is 0 Å². The van der Waals surface area contributed by atoms with Crippen LogP contribution in [-0.2, 0) is 4.74 Å². The van der Waals surface area contributed by atoms with Crippen LogP contribution < -0.4 is 10.6 Å². The molecule has 1 saturated carbocycles. The van der Waals surface area contributed by atoms with Crippen molar-refractivity contribution in [3.05, 3.63) is 0 Å². The molecule has 0 bridgehead atoms. The minimum atomic E-state index is 0.397. The van der Waals surface area contributed by atoms with Gasteiger partial charge in [0.15, 0.2) is 5.96 Å². The number of nitrogens with zero attached hydrogens (tertiary/aromatic N) is 2. The average molecular weight is 341 g/mol. The molecule has 0 unspecified atom stereocenters. The molecule has 0 aromatic rings. The Bertz CT molecular complexity index is 336. The van der Waals surface area contributed by atoms with E-state index in [9.17, 15) is 0 Å². The molecule has 1 aliphatic rings. The van der Waals surface area contributed by atoms with Gasteiger partial charge in [-0.1, -0.05) is 26.7 Å². The van der Waals surface area contributed by atoms with Gasteiger partial charge in [-0.05, 0) is 57.7 Å². The molecule has 0 amide bonds. The maximum Gasteiger partial charge on any atom is 0.190 e. The van der Waals surface area contributed by atoms with Gasteiger partial charge in [0.25, 0.3) is 0 Å². The van der Waals surface area contributed by atoms with Crippen molar-refractivity contribution in [2.24, 2.45) is 10.4 Å². The normalized spacial score (nSPS) is 17.5. The summed E-state index contributed by atoms with van der Waals surface area (Å²) in [5.41, 5.74) is 0.397. The summed E-state index contributed by atoms with van der Waals surface area (Å²) >= 11 is 0. The number of rotatable bonds is 12. The molecular formula is C19H40N4O. The molecule has 2 N–H and O–H groups in total. The molecule has 142 valence electrons. The summed E-state index contributed by atoms with van der Waals surface area (Å²) in [5, 5.41) is 7.03. The van der Waals surface area contributed by atoms with Gasteiger partial charge in [-0.15, -0.1) is 0 Å². The molecule has 0 saturated heterocycles. The summed E-state index contributed by atoms with van der Waals surface area (Å²) in [7, 11) is 1.86. The Kier molecular flexibility index (Phi) is 11.1. The van der Waals surface area contributed by atoms with Gasteiger partial charge in [0.05, 0.1) is 0 Å². The summed E-state index contributed by atoms with van der Waals surface area (Å²) in [6, 6.07) is 0. The number of hydrogen-bond donors (Lipinski definition) is 2. The van der Waals surface area contributed by atoms with Gasteiger partial charge >= 0.3 is 0 Å². The fourth-order valence-corrected chi connectivity index (χ4v) is 3.61. The summed E-state index contributed by atoms with van der Waals surface area (Å²) in [6.07, 6.45) is 7.64. The molecule has 0 aromatic heterocycles. The van der Waals surface area contributed by atoms with Crippen molar-refractivity contribution >= 4 is 5.96 Å². The molecule has 1 rings (SSSR count). The second-order valence-corrected chi connectivity index (χ2v) is 6.89. The zero-order valence-corrected chi connectivity index (χ0v) is 16.5. The van der Waals surface area contributed by atoms with E-state index in [1.165, 1.54) is 25.7 Å². The lowest BCUT2D eigenvalue weighted by molar-refractivity contribution is 0.105. The number of guanidine groups is 1. The highest BCUT2D eigenvalue weighted by Crippen LogP contribution is 2.40. The summed E-state index contributed by atoms with van der Waals surface area (Å²) in [4.78, 5) is 6.84. The molecule has 1 aliphatic carbocycles. The van der Waals surface area contributed by atoms with Gasteiger partial charge in [0.1, 0.15) is 0 Å². The minimum absolute atomic E-state index is 0.397. The van der Waals surface area contributed by atoms with Crippen molar-refractivity contribution in [3.8, 4) is 0 Å². The molecule has 0 atom stereocenters. The SMILES string of the molecule is CCOCCC1(CNC(=NC)NCCCN(CC)CC)CCCC1. The molecular weight excluding hydrogens is 300 g/mol. The third-order valence-electron chi connectivity index (χ3n) is 5.34. The first-order valence-electron chi connectivity index (χ1n) is 9.94. The van der Waals surface area contributed by atoms with Gasteiger partial charge in [0.2, 0.25) is 0 Å². The predicted molar refractivity (Wildman–Crippen MR) is 104 cm³/mol. The van der Waals surface area contributed by atoms with Crippen LogP contribution in [-0.4, -0.2) is 63.8 Å². The van der Waals surface area contributed by atoms with E-state index in [-0.39, 0.29) is 0 Å². The molecule has 0 spiro atoms. The monoisotopic (exact) mass is 340 g/mol. The van der Waals surface area contributed by atoms with Crippen molar-refractivity contribution in [2.45, 2.75) is 59.3 Å². The van der Waals surface area contributed by atoms with Crippen LogP contribution in [0.4, 0.5) is 0 Å². The van der Waals surface area contributed by atoms with E-state index in [4.69, 9.17) is 4.74 Å². The minimum Gasteiger partial charge on any atom is -0.382 e. The standard InChI is InChI=1S/C19H40N4O/c1-5-23(6-2)15-10-14-21-18(20-4)22-17-19(11-8-9-12-19)13-16-24-7-3/h5-17H2,1-4H3,(H2,20,21,22). The maximum absolute atomic E-state index is 5.60. The van der Waals surface area contributed by atoms with Gasteiger partial charge in [0, 0.05) is 33.4 Å². The van der Waals surface area contributed by atoms with E-state index < -0.39 is 0 Å². The van der Waals surface area contributed by atoms with E-state index in [0.29, 0.717) is 5.41 Å². The molecule has 0 aliphatic heterocycles. The molecule has 24 heavy (non-hydrogen) atoms. The van der Waals surface area contributed by atoms with E-state index in [0.717, 1.165) is 64.7 Å². The van der Waals surface area contributed by atoms with Gasteiger partial charge < -0.3 is 20.3 Å². The topological polar surface area (TPSA) is 48.9 Å². The van der Waals surface area contributed by atoms with Crippen LogP contribution in [0.15, 0.2) is 4.99 Å². The van der Waals surface area contributed by atoms with Crippen LogP contribution in [0.3, 0.4) is 0 Å². The third kappa shape index (κ3) is 7.84. The number of aliphatic imine (C=N–C) groups is 1. The largest absolute Gasteiger partial charge is 0.382 e. The quantitative estimate of drug-likeness (QED) is 0.326. The Labute approximate surface area is 149 Å². The highest BCUT2D eigenvalue weighted by molar-refractivity contribution is 5.79. The van der Waals surface area contributed by atoms with Crippen LogP contribution in [0.5, 0.6) is 0 Å². The third-order valence-corrected chi connectivity index (χ3v) is 5.34. The Morgan fingerprint density at radius 1 is 1.12 bits per heavy atom. The maximum atomic E-state index is 5.60. The van der Waals surface area contributed by atoms with Gasteiger partial charge in [-0.2, -0.15) is 0 Å². The fourth-order valence-electron chi connectivity index (χ4n) is 3.61. The van der Waals surface area contributed by atoms with Crippen LogP contribution in [0.1, 0.15) is 59.3 Å². The van der Waals surface area contributed by atoms with Crippen molar-refractivity contribution in [1.29, 1.82) is 0 Å². The Morgan fingerprint density at radius 2 is 1.83 bits per heavy atom. The molecule has 0 radical (unpaired) electrons. The fraction of sp³-hybridized carbons (Fsp3) is 0.947. The van der Waals surface area contributed by atoms with Crippen molar-refractivity contribution in [1.82, 2.24) is 15.5 Å². The lowest BCUT2D eigenvalue weighted by Crippen LogP contribution is -2.44. The van der Waals surface area contributed by atoms with Gasteiger partial charge in [-0.3, -0.25) is 4.99 Å². The first-order valence-corrected chi connectivity index (χ1v) is 9.94. The van der Waals surface area contributed by atoms with Crippen LogP contribution in [0.25, 0.3) is 0 Å².